The van der Waals surface area contributed by atoms with Crippen LogP contribution in [0.4, 0.5) is 11.5 Å². The van der Waals surface area contributed by atoms with Crippen molar-refractivity contribution in [2.24, 2.45) is 5.92 Å². The number of nitrogens with one attached hydrogen (secondary N) is 1. The first-order chi connectivity index (χ1) is 14.5. The summed E-state index contributed by atoms with van der Waals surface area (Å²) in [6, 6.07) is 11.5. The molecule has 2 amide bonds. The number of rotatable bonds is 5. The van der Waals surface area contributed by atoms with Gasteiger partial charge in [-0.15, -0.1) is 0 Å². The van der Waals surface area contributed by atoms with Gasteiger partial charge in [0.1, 0.15) is 5.82 Å². The number of morpholine rings is 1. The lowest BCUT2D eigenvalue weighted by Gasteiger charge is -2.32. The standard InChI is InChI=1S/C22H25BrN4O3/c1-15-13-26(8-9-30-15)20-7-6-16(11-24-20)12-25-22(29)17-10-21(28)27(14-17)19-5-3-2-4-18(19)23/h2-7,11,15,17H,8-10,12-14H2,1H3,(H,25,29). The van der Waals surface area contributed by atoms with Crippen molar-refractivity contribution in [1.29, 1.82) is 0 Å². The molecule has 2 atom stereocenters. The highest BCUT2D eigenvalue weighted by Gasteiger charge is 2.35. The molecule has 0 spiro atoms. The molecular formula is C22H25BrN4O3. The molecule has 2 fully saturated rings. The fraction of sp³-hybridized carbons (Fsp3) is 0.409. The van der Waals surface area contributed by atoms with E-state index in [0.717, 1.165) is 34.6 Å². The summed E-state index contributed by atoms with van der Waals surface area (Å²) in [6.07, 6.45) is 2.22. The first-order valence-corrected chi connectivity index (χ1v) is 10.9. The number of para-hydroxylation sites is 1. The average molecular weight is 473 g/mol. The Bertz CT molecular complexity index is 921. The largest absolute Gasteiger partial charge is 0.375 e. The van der Waals surface area contributed by atoms with Crippen molar-refractivity contribution < 1.29 is 14.3 Å². The van der Waals surface area contributed by atoms with E-state index in [1.807, 2.05) is 36.4 Å². The van der Waals surface area contributed by atoms with Crippen LogP contribution in [0.1, 0.15) is 18.9 Å². The first-order valence-electron chi connectivity index (χ1n) is 10.2. The monoisotopic (exact) mass is 472 g/mol. The molecule has 2 aliphatic heterocycles. The minimum Gasteiger partial charge on any atom is -0.375 e. The lowest BCUT2D eigenvalue weighted by atomic mass is 10.1. The summed E-state index contributed by atoms with van der Waals surface area (Å²) in [5, 5.41) is 2.95. The highest BCUT2D eigenvalue weighted by molar-refractivity contribution is 9.10. The van der Waals surface area contributed by atoms with Crippen LogP contribution in [0.15, 0.2) is 47.1 Å². The van der Waals surface area contributed by atoms with E-state index in [-0.39, 0.29) is 30.3 Å². The number of anilines is 2. The lowest BCUT2D eigenvalue weighted by Crippen LogP contribution is -2.41. The van der Waals surface area contributed by atoms with Crippen LogP contribution in [0.5, 0.6) is 0 Å². The van der Waals surface area contributed by atoms with Crippen molar-refractivity contribution in [3.8, 4) is 0 Å². The van der Waals surface area contributed by atoms with Crippen LogP contribution < -0.4 is 15.1 Å². The first kappa shape index (κ1) is 20.8. The van der Waals surface area contributed by atoms with Crippen molar-refractivity contribution in [2.75, 3.05) is 36.0 Å². The maximum atomic E-state index is 12.6. The highest BCUT2D eigenvalue weighted by atomic mass is 79.9. The van der Waals surface area contributed by atoms with E-state index < -0.39 is 0 Å². The second-order valence-corrected chi connectivity index (χ2v) is 8.58. The molecule has 7 nitrogen and oxygen atoms in total. The number of carbonyl (C=O) groups is 2. The van der Waals surface area contributed by atoms with Crippen LogP contribution in [0.25, 0.3) is 0 Å². The molecule has 0 saturated carbocycles. The van der Waals surface area contributed by atoms with Crippen LogP contribution in [0.2, 0.25) is 0 Å². The predicted octanol–water partition coefficient (Wildman–Crippen LogP) is 2.74. The zero-order chi connectivity index (χ0) is 21.1. The zero-order valence-electron chi connectivity index (χ0n) is 16.9. The molecule has 2 aromatic rings. The molecule has 4 rings (SSSR count). The number of amides is 2. The van der Waals surface area contributed by atoms with E-state index in [0.29, 0.717) is 19.7 Å². The summed E-state index contributed by atoms with van der Waals surface area (Å²) >= 11 is 3.48. The number of hydrogen-bond acceptors (Lipinski definition) is 5. The molecule has 0 aliphatic carbocycles. The SMILES string of the molecule is CC1CN(c2ccc(CNC(=O)C3CC(=O)N(c4ccccc4Br)C3)cn2)CCO1. The molecule has 1 aromatic carbocycles. The molecule has 2 unspecified atom stereocenters. The fourth-order valence-electron chi connectivity index (χ4n) is 3.86. The number of carbonyl (C=O) groups excluding carboxylic acids is 2. The van der Waals surface area contributed by atoms with E-state index in [4.69, 9.17) is 4.74 Å². The maximum absolute atomic E-state index is 12.6. The quantitative estimate of drug-likeness (QED) is 0.723. The molecule has 30 heavy (non-hydrogen) atoms. The third-order valence-corrected chi connectivity index (χ3v) is 6.15. The van der Waals surface area contributed by atoms with Crippen molar-refractivity contribution in [1.82, 2.24) is 10.3 Å². The summed E-state index contributed by atoms with van der Waals surface area (Å²) in [7, 11) is 0. The second-order valence-electron chi connectivity index (χ2n) is 7.73. The summed E-state index contributed by atoms with van der Waals surface area (Å²) in [5.41, 5.74) is 1.73. The van der Waals surface area contributed by atoms with E-state index >= 15 is 0 Å². The number of benzene rings is 1. The third kappa shape index (κ3) is 4.65. The highest BCUT2D eigenvalue weighted by Crippen LogP contribution is 2.31. The van der Waals surface area contributed by atoms with Crippen molar-refractivity contribution >= 4 is 39.2 Å². The van der Waals surface area contributed by atoms with Gasteiger partial charge < -0.3 is 19.9 Å². The Morgan fingerprint density at radius 2 is 2.10 bits per heavy atom. The molecule has 3 heterocycles. The van der Waals surface area contributed by atoms with Gasteiger partial charge in [-0.2, -0.15) is 0 Å². The van der Waals surface area contributed by atoms with Crippen LogP contribution in [-0.2, 0) is 20.9 Å². The Morgan fingerprint density at radius 3 is 2.83 bits per heavy atom. The zero-order valence-corrected chi connectivity index (χ0v) is 18.5. The normalized spacial score (nSPS) is 21.7. The molecular weight excluding hydrogens is 448 g/mol. The molecule has 158 valence electrons. The fourth-order valence-corrected chi connectivity index (χ4v) is 4.35. The van der Waals surface area contributed by atoms with Gasteiger partial charge in [0.15, 0.2) is 0 Å². The van der Waals surface area contributed by atoms with Crippen LogP contribution in [-0.4, -0.2) is 49.1 Å². The Kier molecular flexibility index (Phi) is 6.34. The van der Waals surface area contributed by atoms with Crippen LogP contribution in [0.3, 0.4) is 0 Å². The van der Waals surface area contributed by atoms with Gasteiger partial charge >= 0.3 is 0 Å². The third-order valence-electron chi connectivity index (χ3n) is 5.48. The smallest absolute Gasteiger partial charge is 0.227 e. The van der Waals surface area contributed by atoms with Gasteiger partial charge in [0.05, 0.1) is 24.3 Å². The predicted molar refractivity (Wildman–Crippen MR) is 118 cm³/mol. The van der Waals surface area contributed by atoms with Crippen LogP contribution in [0, 0.1) is 5.92 Å². The summed E-state index contributed by atoms with van der Waals surface area (Å²) in [6.45, 7) is 5.20. The van der Waals surface area contributed by atoms with Gasteiger partial charge in [-0.3, -0.25) is 9.59 Å². The molecule has 8 heteroatoms. The Morgan fingerprint density at radius 1 is 1.27 bits per heavy atom. The molecule has 0 bridgehead atoms. The lowest BCUT2D eigenvalue weighted by molar-refractivity contribution is -0.126. The topological polar surface area (TPSA) is 74.8 Å². The Hall–Kier alpha value is -2.45. The van der Waals surface area contributed by atoms with Gasteiger partial charge in [-0.05, 0) is 46.6 Å². The van der Waals surface area contributed by atoms with Crippen molar-refractivity contribution in [2.45, 2.75) is 26.0 Å². The Labute approximate surface area is 184 Å². The number of ether oxygens (including phenoxy) is 1. The summed E-state index contributed by atoms with van der Waals surface area (Å²) in [4.78, 5) is 33.5. The van der Waals surface area contributed by atoms with Gasteiger partial charge in [-0.25, -0.2) is 4.98 Å². The number of nitrogens with zero attached hydrogens (tertiary/aromatic N) is 3. The van der Waals surface area contributed by atoms with Crippen molar-refractivity contribution in [3.05, 3.63) is 52.6 Å². The van der Waals surface area contributed by atoms with Gasteiger partial charge in [0, 0.05) is 43.3 Å². The minimum atomic E-state index is -0.355. The number of halogens is 1. The van der Waals surface area contributed by atoms with Crippen molar-refractivity contribution in [3.63, 3.8) is 0 Å². The van der Waals surface area contributed by atoms with E-state index in [1.54, 1.807) is 11.1 Å². The van der Waals surface area contributed by atoms with E-state index in [1.165, 1.54) is 0 Å². The maximum Gasteiger partial charge on any atom is 0.227 e. The molecule has 1 N–H and O–H groups in total. The average Bonchev–Trinajstić information content (AvgIpc) is 3.14. The van der Waals surface area contributed by atoms with E-state index in [2.05, 4.69) is 38.1 Å². The number of hydrogen-bond donors (Lipinski definition) is 1. The Balaban J connectivity index is 1.31. The summed E-state index contributed by atoms with van der Waals surface area (Å²) < 4.78 is 6.42. The van der Waals surface area contributed by atoms with E-state index in [9.17, 15) is 9.59 Å². The van der Waals surface area contributed by atoms with Crippen LogP contribution >= 0.6 is 15.9 Å². The number of pyridine rings is 1. The number of aromatic nitrogens is 1. The molecule has 0 radical (unpaired) electrons. The molecule has 2 saturated heterocycles. The van der Waals surface area contributed by atoms with Gasteiger partial charge in [-0.1, -0.05) is 18.2 Å². The molecule has 2 aliphatic rings. The minimum absolute atomic E-state index is 0.0344. The molecule has 1 aromatic heterocycles. The summed E-state index contributed by atoms with van der Waals surface area (Å²) in [5.74, 6) is 0.425. The van der Waals surface area contributed by atoms with Gasteiger partial charge in [0.2, 0.25) is 11.8 Å². The van der Waals surface area contributed by atoms with Gasteiger partial charge in [0.25, 0.3) is 0 Å². The second kappa shape index (κ2) is 9.14.